The van der Waals surface area contributed by atoms with Gasteiger partial charge in [0.05, 0.1) is 16.6 Å². The van der Waals surface area contributed by atoms with Crippen molar-refractivity contribution in [2.24, 2.45) is 0 Å². The summed E-state index contributed by atoms with van der Waals surface area (Å²) >= 11 is 0.767. The smallest absolute Gasteiger partial charge is 0.374 e. The van der Waals surface area contributed by atoms with Crippen LogP contribution in [0, 0.1) is 0 Å². The molecule has 1 aliphatic heterocycles. The molecule has 0 bridgehead atoms. The lowest BCUT2D eigenvalue weighted by atomic mass is 9.97. The van der Waals surface area contributed by atoms with Crippen LogP contribution in [0.2, 0.25) is 0 Å². The molecule has 1 saturated heterocycles. The van der Waals surface area contributed by atoms with E-state index in [-0.39, 0.29) is 6.04 Å². The average Bonchev–Trinajstić information content (AvgIpc) is 3.34. The van der Waals surface area contributed by atoms with Crippen molar-refractivity contribution < 1.29 is 23.1 Å². The van der Waals surface area contributed by atoms with Gasteiger partial charge in [-0.2, -0.15) is 13.2 Å². The molecule has 4 rings (SSSR count). The van der Waals surface area contributed by atoms with E-state index in [1.165, 1.54) is 4.90 Å². The van der Waals surface area contributed by atoms with Gasteiger partial charge >= 0.3 is 6.18 Å². The van der Waals surface area contributed by atoms with Gasteiger partial charge in [0.25, 0.3) is 0 Å². The highest BCUT2D eigenvalue weighted by Crippen LogP contribution is 2.45. The molecule has 2 heterocycles. The van der Waals surface area contributed by atoms with Gasteiger partial charge in [-0.1, -0.05) is 42.5 Å². The highest BCUT2D eigenvalue weighted by atomic mass is 32.1. The first-order valence-electron chi connectivity index (χ1n) is 9.76. The Morgan fingerprint density at radius 2 is 1.83 bits per heavy atom. The second-order valence-electron chi connectivity index (χ2n) is 7.59. The first-order valence-corrected chi connectivity index (χ1v) is 10.6. The van der Waals surface area contributed by atoms with Gasteiger partial charge in [0, 0.05) is 12.6 Å². The van der Waals surface area contributed by atoms with E-state index in [0.717, 1.165) is 29.7 Å². The molecule has 4 nitrogen and oxygen atoms in total. The molecule has 1 aliphatic rings. The van der Waals surface area contributed by atoms with Crippen molar-refractivity contribution in [2.75, 3.05) is 6.54 Å². The van der Waals surface area contributed by atoms with Crippen LogP contribution in [0.15, 0.2) is 54.6 Å². The Bertz CT molecular complexity index is 1000. The van der Waals surface area contributed by atoms with Crippen molar-refractivity contribution >= 4 is 27.5 Å². The first kappa shape index (κ1) is 20.8. The molecule has 0 saturated carbocycles. The topological polar surface area (TPSA) is 53.4 Å². The number of alkyl halides is 3. The SMILES string of the molecule is O=C(CC(O)(c1nc2ccccc2s1)C(F)(F)F)N1CCCC1Cc1ccccc1. The molecule has 3 aromatic rings. The number of aromatic nitrogens is 1. The van der Waals surface area contributed by atoms with Gasteiger partial charge < -0.3 is 10.0 Å². The van der Waals surface area contributed by atoms with Gasteiger partial charge in [0.1, 0.15) is 5.01 Å². The Labute approximate surface area is 176 Å². The molecule has 2 aromatic carbocycles. The lowest BCUT2D eigenvalue weighted by Crippen LogP contribution is -2.48. The van der Waals surface area contributed by atoms with E-state index in [2.05, 4.69) is 4.98 Å². The Hall–Kier alpha value is -2.45. The largest absolute Gasteiger partial charge is 0.424 e. The Kier molecular flexibility index (Phi) is 5.55. The summed E-state index contributed by atoms with van der Waals surface area (Å²) in [4.78, 5) is 18.4. The summed E-state index contributed by atoms with van der Waals surface area (Å²) in [5.74, 6) is -0.701. The van der Waals surface area contributed by atoms with E-state index in [4.69, 9.17) is 0 Å². The van der Waals surface area contributed by atoms with Crippen molar-refractivity contribution in [1.82, 2.24) is 9.88 Å². The van der Waals surface area contributed by atoms with Crippen molar-refractivity contribution in [3.8, 4) is 0 Å². The lowest BCUT2D eigenvalue weighted by Gasteiger charge is -2.32. The van der Waals surface area contributed by atoms with Crippen LogP contribution in [-0.4, -0.2) is 39.7 Å². The predicted octanol–water partition coefficient (Wildman–Crippen LogP) is 4.67. The standard InChI is InChI=1S/C22H21F3N2O2S/c23-22(24,25)21(29,20-26-17-10-4-5-11-18(17)30-20)14-19(28)27-12-6-9-16(27)13-15-7-2-1-3-8-15/h1-5,7-8,10-11,16,29H,6,9,12-14H2. The summed E-state index contributed by atoms with van der Waals surface area (Å²) in [6.45, 7) is 0.393. The number of para-hydroxylation sites is 1. The van der Waals surface area contributed by atoms with E-state index >= 15 is 0 Å². The third-order valence-electron chi connectivity index (χ3n) is 5.54. The van der Waals surface area contributed by atoms with Crippen LogP contribution < -0.4 is 0 Å². The van der Waals surface area contributed by atoms with Crippen LogP contribution in [-0.2, 0) is 16.8 Å². The fraction of sp³-hybridized carbons (Fsp3) is 0.364. The second kappa shape index (κ2) is 8.00. The number of likely N-dealkylation sites (tertiary alicyclic amines) is 1. The van der Waals surface area contributed by atoms with Crippen LogP contribution in [0.1, 0.15) is 29.8 Å². The van der Waals surface area contributed by atoms with Gasteiger partial charge in [-0.3, -0.25) is 4.79 Å². The van der Waals surface area contributed by atoms with E-state index in [1.54, 1.807) is 24.3 Å². The summed E-state index contributed by atoms with van der Waals surface area (Å²) in [6.07, 6.45) is -4.05. The van der Waals surface area contributed by atoms with Gasteiger partial charge in [-0.05, 0) is 37.0 Å². The van der Waals surface area contributed by atoms with Crippen molar-refractivity contribution in [3.05, 3.63) is 65.2 Å². The fourth-order valence-corrected chi connectivity index (χ4v) is 5.00. The summed E-state index contributed by atoms with van der Waals surface area (Å²) in [5, 5.41) is 10.2. The number of nitrogens with zero attached hydrogens (tertiary/aromatic N) is 2. The lowest BCUT2D eigenvalue weighted by molar-refractivity contribution is -0.268. The number of hydrogen-bond acceptors (Lipinski definition) is 4. The summed E-state index contributed by atoms with van der Waals surface area (Å²) in [6, 6.07) is 16.0. The number of hydrogen-bond donors (Lipinski definition) is 1. The number of rotatable bonds is 5. The second-order valence-corrected chi connectivity index (χ2v) is 8.63. The third kappa shape index (κ3) is 3.94. The predicted molar refractivity (Wildman–Crippen MR) is 109 cm³/mol. The number of aliphatic hydroxyl groups is 1. The number of carbonyl (C=O) groups excluding carboxylic acids is 1. The molecule has 1 aromatic heterocycles. The molecular formula is C22H21F3N2O2S. The van der Waals surface area contributed by atoms with Gasteiger partial charge in [-0.15, -0.1) is 11.3 Å². The molecule has 0 radical (unpaired) electrons. The normalized spacial score (nSPS) is 19.2. The number of amides is 1. The number of thiazole rings is 1. The molecule has 1 N–H and O–H groups in total. The van der Waals surface area contributed by atoms with E-state index in [9.17, 15) is 23.1 Å². The van der Waals surface area contributed by atoms with Crippen molar-refractivity contribution in [3.63, 3.8) is 0 Å². The first-order chi connectivity index (χ1) is 14.3. The molecule has 2 unspecified atom stereocenters. The molecular weight excluding hydrogens is 413 g/mol. The maximum Gasteiger partial charge on any atom is 0.424 e. The minimum absolute atomic E-state index is 0.173. The molecule has 0 spiro atoms. The Morgan fingerprint density at radius 3 is 2.53 bits per heavy atom. The third-order valence-corrected chi connectivity index (χ3v) is 6.72. The Morgan fingerprint density at radius 1 is 1.13 bits per heavy atom. The molecule has 158 valence electrons. The zero-order chi connectivity index (χ0) is 21.4. The minimum Gasteiger partial charge on any atom is -0.374 e. The van der Waals surface area contributed by atoms with Crippen LogP contribution in [0.5, 0.6) is 0 Å². The zero-order valence-electron chi connectivity index (χ0n) is 16.1. The summed E-state index contributed by atoms with van der Waals surface area (Å²) < 4.78 is 42.4. The van der Waals surface area contributed by atoms with Gasteiger partial charge in [-0.25, -0.2) is 4.98 Å². The summed E-state index contributed by atoms with van der Waals surface area (Å²) in [5.41, 5.74) is -1.91. The Balaban J connectivity index is 1.59. The van der Waals surface area contributed by atoms with Gasteiger partial charge in [0.15, 0.2) is 0 Å². The summed E-state index contributed by atoms with van der Waals surface area (Å²) in [7, 11) is 0. The van der Waals surface area contributed by atoms with Crippen LogP contribution in [0.4, 0.5) is 13.2 Å². The van der Waals surface area contributed by atoms with E-state index in [1.807, 2.05) is 30.3 Å². The van der Waals surface area contributed by atoms with E-state index < -0.39 is 29.1 Å². The van der Waals surface area contributed by atoms with Gasteiger partial charge in [0.2, 0.25) is 11.5 Å². The molecule has 1 fully saturated rings. The fourth-order valence-electron chi connectivity index (χ4n) is 3.93. The number of benzene rings is 2. The van der Waals surface area contributed by atoms with Crippen LogP contribution in [0.25, 0.3) is 10.2 Å². The highest BCUT2D eigenvalue weighted by Gasteiger charge is 2.59. The maximum atomic E-state index is 14.0. The minimum atomic E-state index is -5.02. The van der Waals surface area contributed by atoms with E-state index in [0.29, 0.717) is 23.2 Å². The monoisotopic (exact) mass is 434 g/mol. The average molecular weight is 434 g/mol. The molecule has 8 heteroatoms. The molecule has 2 atom stereocenters. The van der Waals surface area contributed by atoms with Crippen molar-refractivity contribution in [1.29, 1.82) is 0 Å². The number of carbonyl (C=O) groups is 1. The maximum absolute atomic E-state index is 14.0. The zero-order valence-corrected chi connectivity index (χ0v) is 16.9. The number of halogens is 3. The molecule has 0 aliphatic carbocycles. The number of fused-ring (bicyclic) bond motifs is 1. The quantitative estimate of drug-likeness (QED) is 0.635. The molecule has 1 amide bonds. The van der Waals surface area contributed by atoms with Crippen molar-refractivity contribution in [2.45, 2.75) is 43.5 Å². The highest BCUT2D eigenvalue weighted by molar-refractivity contribution is 7.18. The van der Waals surface area contributed by atoms with Crippen LogP contribution >= 0.6 is 11.3 Å². The molecule has 30 heavy (non-hydrogen) atoms. The van der Waals surface area contributed by atoms with Crippen LogP contribution in [0.3, 0.4) is 0 Å².